The standard InChI is InChI=1S/C13H9.C13H10.C8H11.Zr/c1-3-7-12-10(5-1)9-11-6-2-4-8-13(11)12;1-3-7-12(8-4-1)11-13-9-5-2-6-10-13;1-6-4-7(2)8(3)5-6;/h1-5,7-8H,9H2;1-10H;4,6H,1-3H3;/q-1;;-1;+2. The number of hydrogen-bond donors (Lipinski definition) is 0. The molecule has 0 fully saturated rings. The zero-order valence-corrected chi connectivity index (χ0v) is 23.1. The molecule has 0 spiro atoms. The van der Waals surface area contributed by atoms with Gasteiger partial charge in [0, 0.05) is 0 Å². The van der Waals surface area contributed by atoms with Crippen LogP contribution < -0.4 is 0 Å². The summed E-state index contributed by atoms with van der Waals surface area (Å²) in [6, 6.07) is 39.2. The fourth-order valence-electron chi connectivity index (χ4n) is 4.37. The molecule has 0 aliphatic heterocycles. The second-order valence-corrected chi connectivity index (χ2v) is 10.1. The van der Waals surface area contributed by atoms with Crippen LogP contribution in [0, 0.1) is 18.1 Å². The Morgan fingerprint density at radius 1 is 0.743 bits per heavy atom. The molecule has 2 aliphatic carbocycles. The van der Waals surface area contributed by atoms with Gasteiger partial charge in [0.2, 0.25) is 0 Å². The molecule has 0 saturated heterocycles. The van der Waals surface area contributed by atoms with Crippen molar-refractivity contribution in [2.75, 3.05) is 0 Å². The summed E-state index contributed by atoms with van der Waals surface area (Å²) in [6.07, 6.45) is 6.57. The summed E-state index contributed by atoms with van der Waals surface area (Å²) in [6.45, 7) is 6.39. The zero-order chi connectivity index (χ0) is 24.6. The average Bonchev–Trinajstić information content (AvgIpc) is 3.43. The molecule has 4 aromatic rings. The van der Waals surface area contributed by atoms with E-state index in [1.165, 1.54) is 72.0 Å². The van der Waals surface area contributed by atoms with Crippen molar-refractivity contribution in [2.24, 2.45) is 5.92 Å². The Labute approximate surface area is 225 Å². The van der Waals surface area contributed by atoms with Crippen LogP contribution in [0.2, 0.25) is 0 Å². The predicted octanol–water partition coefficient (Wildman–Crippen LogP) is 8.19. The van der Waals surface area contributed by atoms with E-state index in [9.17, 15) is 0 Å². The predicted molar refractivity (Wildman–Crippen MR) is 145 cm³/mol. The molecular weight excluding hydrogens is 500 g/mol. The minimum absolute atomic E-state index is 0.551. The van der Waals surface area contributed by atoms with Gasteiger partial charge in [-0.15, -0.1) is 12.5 Å². The van der Waals surface area contributed by atoms with Crippen LogP contribution in [-0.2, 0) is 30.7 Å². The fraction of sp³-hybridized carbons (Fsp3) is 0.147. The first-order valence-electron chi connectivity index (χ1n) is 12.1. The minimum atomic E-state index is 0.551. The summed E-state index contributed by atoms with van der Waals surface area (Å²) < 4.78 is 1.42. The Hall–Kier alpha value is -2.89. The van der Waals surface area contributed by atoms with Crippen molar-refractivity contribution >= 4 is 3.21 Å². The quantitative estimate of drug-likeness (QED) is 0.202. The second kappa shape index (κ2) is 12.2. The molecule has 0 heterocycles. The van der Waals surface area contributed by atoms with E-state index in [2.05, 4.69) is 136 Å². The van der Waals surface area contributed by atoms with E-state index >= 15 is 0 Å². The van der Waals surface area contributed by atoms with Gasteiger partial charge in [-0.1, -0.05) is 55.2 Å². The SMILES string of the molecule is CC1=[C-]C(C)C=C1C.[Zr+2]=[C](c1ccccc1)c1ccccc1.[c-]1cccc2c1Cc1ccccc1-2. The van der Waals surface area contributed by atoms with Crippen LogP contribution in [-0.4, -0.2) is 3.21 Å². The van der Waals surface area contributed by atoms with E-state index in [1.807, 2.05) is 6.07 Å². The molecule has 0 saturated carbocycles. The molecule has 0 amide bonds. The summed E-state index contributed by atoms with van der Waals surface area (Å²) >= 11 is 1.46. The van der Waals surface area contributed by atoms with Gasteiger partial charge in [0.05, 0.1) is 0 Å². The van der Waals surface area contributed by atoms with Gasteiger partial charge in [0.1, 0.15) is 0 Å². The van der Waals surface area contributed by atoms with Crippen LogP contribution in [0.25, 0.3) is 11.1 Å². The Bertz CT molecular complexity index is 1240. The van der Waals surface area contributed by atoms with Crippen molar-refractivity contribution in [1.82, 2.24) is 0 Å². The van der Waals surface area contributed by atoms with Crippen LogP contribution in [0.3, 0.4) is 0 Å². The molecule has 1 atom stereocenters. The summed E-state index contributed by atoms with van der Waals surface area (Å²) in [5.41, 5.74) is 10.9. The molecule has 0 radical (unpaired) electrons. The average molecular weight is 530 g/mol. The van der Waals surface area contributed by atoms with Crippen LogP contribution in [0.4, 0.5) is 0 Å². The molecular formula is C34H30Zr. The van der Waals surface area contributed by atoms with Crippen LogP contribution in [0.1, 0.15) is 43.0 Å². The molecule has 4 aromatic carbocycles. The van der Waals surface area contributed by atoms with E-state index in [0.717, 1.165) is 6.42 Å². The zero-order valence-electron chi connectivity index (χ0n) is 20.7. The van der Waals surface area contributed by atoms with Crippen molar-refractivity contribution in [2.45, 2.75) is 27.2 Å². The number of hydrogen-bond acceptors (Lipinski definition) is 0. The van der Waals surface area contributed by atoms with Crippen LogP contribution in [0.5, 0.6) is 0 Å². The van der Waals surface area contributed by atoms with Gasteiger partial charge in [-0.2, -0.15) is 35.9 Å². The van der Waals surface area contributed by atoms with Gasteiger partial charge >= 0.3 is 99.2 Å². The maximum atomic E-state index is 3.30. The fourth-order valence-corrected chi connectivity index (χ4v) is 5.19. The third kappa shape index (κ3) is 6.62. The molecule has 170 valence electrons. The molecule has 6 rings (SSSR count). The summed E-state index contributed by atoms with van der Waals surface area (Å²) in [4.78, 5) is 0. The first-order chi connectivity index (χ1) is 17.0. The van der Waals surface area contributed by atoms with Gasteiger partial charge in [0.15, 0.2) is 0 Å². The molecule has 0 aromatic heterocycles. The van der Waals surface area contributed by atoms with Gasteiger partial charge < -0.3 is 0 Å². The number of benzene rings is 4. The third-order valence-corrected chi connectivity index (χ3v) is 7.70. The van der Waals surface area contributed by atoms with Crippen molar-refractivity contribution in [3.05, 3.63) is 155 Å². The maximum Gasteiger partial charge on any atom is -0.0253 e. The summed E-state index contributed by atoms with van der Waals surface area (Å²) in [5.74, 6) is 0.551. The molecule has 2 aliphatic rings. The molecule has 1 unspecified atom stereocenters. The molecule has 1 heteroatoms. The van der Waals surface area contributed by atoms with E-state index < -0.39 is 0 Å². The van der Waals surface area contributed by atoms with Gasteiger partial charge in [0.25, 0.3) is 0 Å². The first-order valence-corrected chi connectivity index (χ1v) is 13.3. The molecule has 0 N–H and O–H groups in total. The number of allylic oxidation sites excluding steroid dienone is 4. The van der Waals surface area contributed by atoms with E-state index in [-0.39, 0.29) is 0 Å². The number of fused-ring (bicyclic) bond motifs is 3. The van der Waals surface area contributed by atoms with E-state index in [0.29, 0.717) is 5.92 Å². The van der Waals surface area contributed by atoms with Crippen molar-refractivity contribution in [3.63, 3.8) is 0 Å². The summed E-state index contributed by atoms with van der Waals surface area (Å²) in [7, 11) is 0. The smallest absolute Gasteiger partial charge is 0.0253 e. The topological polar surface area (TPSA) is 0 Å². The monoisotopic (exact) mass is 528 g/mol. The maximum absolute atomic E-state index is 3.30. The van der Waals surface area contributed by atoms with E-state index in [4.69, 9.17) is 0 Å². The van der Waals surface area contributed by atoms with Crippen LogP contribution in [0.15, 0.2) is 120 Å². The Morgan fingerprint density at radius 3 is 1.86 bits per heavy atom. The molecule has 0 bridgehead atoms. The summed E-state index contributed by atoms with van der Waals surface area (Å²) in [5, 5.41) is 0. The van der Waals surface area contributed by atoms with Crippen LogP contribution >= 0.6 is 0 Å². The number of rotatable bonds is 2. The Kier molecular flexibility index (Phi) is 8.78. The van der Waals surface area contributed by atoms with Crippen molar-refractivity contribution < 1.29 is 24.2 Å². The third-order valence-electron chi connectivity index (χ3n) is 6.28. The molecule has 0 nitrogen and oxygen atoms in total. The Morgan fingerprint density at radius 2 is 1.31 bits per heavy atom. The van der Waals surface area contributed by atoms with Gasteiger partial charge in [-0.25, -0.2) is 11.1 Å². The second-order valence-electron chi connectivity index (χ2n) is 8.91. The normalized spacial score (nSPS) is 14.8. The van der Waals surface area contributed by atoms with E-state index in [1.54, 1.807) is 0 Å². The van der Waals surface area contributed by atoms with Gasteiger partial charge in [-0.05, 0) is 6.42 Å². The first kappa shape index (κ1) is 25.2. The van der Waals surface area contributed by atoms with Crippen molar-refractivity contribution in [1.29, 1.82) is 0 Å². The van der Waals surface area contributed by atoms with Crippen molar-refractivity contribution in [3.8, 4) is 11.1 Å². The molecule has 35 heavy (non-hydrogen) atoms. The largest absolute Gasteiger partial charge is 0.179 e. The van der Waals surface area contributed by atoms with Gasteiger partial charge in [-0.3, -0.25) is 6.08 Å². The minimum Gasteiger partial charge on any atom is -0.179 e. The Balaban J connectivity index is 0.000000129.